The number of allylic oxidation sites excluding steroid dienone is 1. The maximum atomic E-state index is 11.1. The molecule has 1 nitrogen and oxygen atoms in total. The first-order valence-electron chi connectivity index (χ1n) is 6.25. The highest BCUT2D eigenvalue weighted by molar-refractivity contribution is 5.34. The van der Waals surface area contributed by atoms with Gasteiger partial charge in [0.25, 0.3) is 0 Å². The van der Waals surface area contributed by atoms with E-state index in [1.54, 1.807) is 0 Å². The van der Waals surface area contributed by atoms with Gasteiger partial charge in [-0.05, 0) is 38.0 Å². The second-order valence-corrected chi connectivity index (χ2v) is 6.78. The van der Waals surface area contributed by atoms with Crippen LogP contribution in [0.15, 0.2) is 11.6 Å². The van der Waals surface area contributed by atoms with Gasteiger partial charge in [-0.25, -0.2) is 0 Å². The lowest BCUT2D eigenvalue weighted by Crippen LogP contribution is -2.63. The topological polar surface area (TPSA) is 20.2 Å². The standard InChI is InChI=1S/C14H22O/c1-9-8-13(4)10-5-6-14(13,15)12(2,3)11(9)7-10/h8,10-11,15H,5-7H2,1-4H3. The summed E-state index contributed by atoms with van der Waals surface area (Å²) in [5.41, 5.74) is 1.18. The molecule has 2 fully saturated rings. The quantitative estimate of drug-likeness (QED) is 0.604. The van der Waals surface area contributed by atoms with E-state index in [9.17, 15) is 5.11 Å². The lowest BCUT2D eigenvalue weighted by Gasteiger charge is -2.62. The van der Waals surface area contributed by atoms with E-state index in [1.165, 1.54) is 18.4 Å². The van der Waals surface area contributed by atoms with Crippen LogP contribution in [0.4, 0.5) is 0 Å². The molecule has 0 spiro atoms. The number of hydrogen-bond donors (Lipinski definition) is 1. The number of rotatable bonds is 0. The van der Waals surface area contributed by atoms with Crippen LogP contribution in [0.1, 0.15) is 47.0 Å². The van der Waals surface area contributed by atoms with Crippen molar-refractivity contribution in [2.45, 2.75) is 52.6 Å². The Morgan fingerprint density at radius 1 is 1.33 bits per heavy atom. The van der Waals surface area contributed by atoms with E-state index >= 15 is 0 Å². The average Bonchev–Trinajstić information content (AvgIpc) is 2.32. The summed E-state index contributed by atoms with van der Waals surface area (Å²) >= 11 is 0. The normalized spacial score (nSPS) is 55.7. The zero-order valence-corrected chi connectivity index (χ0v) is 10.3. The molecule has 0 aliphatic heterocycles. The van der Waals surface area contributed by atoms with Gasteiger partial charge in [0.1, 0.15) is 0 Å². The van der Waals surface area contributed by atoms with E-state index in [0.717, 1.165) is 12.3 Å². The second kappa shape index (κ2) is 2.34. The Morgan fingerprint density at radius 2 is 2.00 bits per heavy atom. The highest BCUT2D eigenvalue weighted by atomic mass is 16.3. The van der Waals surface area contributed by atoms with Crippen LogP contribution in [-0.2, 0) is 0 Å². The minimum atomic E-state index is -0.451. The van der Waals surface area contributed by atoms with E-state index in [1.807, 2.05) is 0 Å². The Hall–Kier alpha value is -0.300. The molecule has 0 aromatic rings. The van der Waals surface area contributed by atoms with E-state index in [2.05, 4.69) is 33.8 Å². The van der Waals surface area contributed by atoms with E-state index < -0.39 is 5.60 Å². The summed E-state index contributed by atoms with van der Waals surface area (Å²) in [5, 5.41) is 11.1. The summed E-state index contributed by atoms with van der Waals surface area (Å²) in [5.74, 6) is 1.33. The Bertz CT molecular complexity index is 354. The Balaban J connectivity index is 2.27. The van der Waals surface area contributed by atoms with E-state index in [4.69, 9.17) is 0 Å². The van der Waals surface area contributed by atoms with Gasteiger partial charge in [-0.3, -0.25) is 0 Å². The highest BCUT2D eigenvalue weighted by Gasteiger charge is 2.69. The summed E-state index contributed by atoms with van der Waals surface area (Å²) in [6.07, 6.45) is 5.91. The van der Waals surface area contributed by atoms with Gasteiger partial charge in [0, 0.05) is 10.8 Å². The summed E-state index contributed by atoms with van der Waals surface area (Å²) in [7, 11) is 0. The van der Waals surface area contributed by atoms with Crippen molar-refractivity contribution in [2.75, 3.05) is 0 Å². The lowest BCUT2D eigenvalue weighted by atomic mass is 9.44. The first-order chi connectivity index (χ1) is 6.83. The molecule has 1 heteroatoms. The fourth-order valence-corrected chi connectivity index (χ4v) is 5.10. The Labute approximate surface area is 92.6 Å². The van der Waals surface area contributed by atoms with Gasteiger partial charge in [-0.1, -0.05) is 32.4 Å². The Morgan fingerprint density at radius 3 is 2.67 bits per heavy atom. The van der Waals surface area contributed by atoms with Crippen LogP contribution in [-0.4, -0.2) is 10.7 Å². The molecule has 4 bridgehead atoms. The third-order valence-corrected chi connectivity index (χ3v) is 6.13. The molecule has 1 N–H and O–H groups in total. The average molecular weight is 206 g/mol. The minimum absolute atomic E-state index is 0.0509. The van der Waals surface area contributed by atoms with Crippen molar-refractivity contribution in [3.05, 3.63) is 11.6 Å². The van der Waals surface area contributed by atoms with Crippen molar-refractivity contribution in [3.63, 3.8) is 0 Å². The van der Waals surface area contributed by atoms with Crippen molar-refractivity contribution in [3.8, 4) is 0 Å². The summed E-state index contributed by atoms with van der Waals surface area (Å²) in [6, 6.07) is 0. The largest absolute Gasteiger partial charge is 0.388 e. The van der Waals surface area contributed by atoms with Gasteiger partial charge in [-0.2, -0.15) is 0 Å². The molecule has 4 aliphatic rings. The smallest absolute Gasteiger partial charge is 0.0794 e. The molecule has 4 rings (SSSR count). The zero-order valence-electron chi connectivity index (χ0n) is 10.3. The van der Waals surface area contributed by atoms with Crippen molar-refractivity contribution in [1.29, 1.82) is 0 Å². The fourth-order valence-electron chi connectivity index (χ4n) is 5.10. The maximum Gasteiger partial charge on any atom is 0.0794 e. The van der Waals surface area contributed by atoms with Crippen molar-refractivity contribution in [2.24, 2.45) is 22.7 Å². The van der Waals surface area contributed by atoms with Crippen LogP contribution < -0.4 is 0 Å². The Kier molecular flexibility index (Phi) is 1.55. The maximum absolute atomic E-state index is 11.1. The summed E-state index contributed by atoms with van der Waals surface area (Å²) in [6.45, 7) is 9.08. The molecule has 0 aromatic carbocycles. The van der Waals surface area contributed by atoms with Crippen molar-refractivity contribution < 1.29 is 5.11 Å². The minimum Gasteiger partial charge on any atom is -0.388 e. The molecule has 4 unspecified atom stereocenters. The molecule has 2 saturated carbocycles. The molecule has 0 saturated heterocycles. The van der Waals surface area contributed by atoms with Crippen LogP contribution >= 0.6 is 0 Å². The van der Waals surface area contributed by atoms with Crippen LogP contribution in [0.25, 0.3) is 0 Å². The van der Waals surface area contributed by atoms with Gasteiger partial charge in [0.15, 0.2) is 0 Å². The first kappa shape index (κ1) is 9.89. The fraction of sp³-hybridized carbons (Fsp3) is 0.857. The van der Waals surface area contributed by atoms with Crippen LogP contribution in [0.3, 0.4) is 0 Å². The molecular formula is C14H22O. The van der Waals surface area contributed by atoms with Crippen LogP contribution in [0.5, 0.6) is 0 Å². The SMILES string of the molecule is CC1=CC2(C)C3CCC2(O)C(C)(C)C1C3. The molecule has 0 amide bonds. The van der Waals surface area contributed by atoms with Gasteiger partial charge < -0.3 is 5.11 Å². The molecule has 0 aromatic heterocycles. The van der Waals surface area contributed by atoms with Gasteiger partial charge in [0.2, 0.25) is 0 Å². The molecule has 0 radical (unpaired) electrons. The third kappa shape index (κ3) is 0.791. The van der Waals surface area contributed by atoms with Gasteiger partial charge >= 0.3 is 0 Å². The highest BCUT2D eigenvalue weighted by Crippen LogP contribution is 2.71. The van der Waals surface area contributed by atoms with Crippen LogP contribution in [0.2, 0.25) is 0 Å². The van der Waals surface area contributed by atoms with Crippen LogP contribution in [0, 0.1) is 22.7 Å². The molecule has 84 valence electrons. The van der Waals surface area contributed by atoms with Gasteiger partial charge in [-0.15, -0.1) is 0 Å². The predicted molar refractivity (Wildman–Crippen MR) is 61.4 cm³/mol. The first-order valence-corrected chi connectivity index (χ1v) is 6.25. The predicted octanol–water partition coefficient (Wildman–Crippen LogP) is 3.14. The lowest BCUT2D eigenvalue weighted by molar-refractivity contribution is -0.183. The summed E-state index contributed by atoms with van der Waals surface area (Å²) < 4.78 is 0. The molecule has 4 aliphatic carbocycles. The zero-order chi connectivity index (χ0) is 11.1. The molecule has 4 atom stereocenters. The van der Waals surface area contributed by atoms with Gasteiger partial charge in [0.05, 0.1) is 5.60 Å². The van der Waals surface area contributed by atoms with E-state index in [-0.39, 0.29) is 10.8 Å². The third-order valence-electron chi connectivity index (χ3n) is 6.13. The van der Waals surface area contributed by atoms with Crippen molar-refractivity contribution >= 4 is 0 Å². The van der Waals surface area contributed by atoms with Crippen molar-refractivity contribution in [1.82, 2.24) is 0 Å². The monoisotopic (exact) mass is 206 g/mol. The summed E-state index contributed by atoms with van der Waals surface area (Å²) in [4.78, 5) is 0. The molecule has 0 heterocycles. The number of hydrogen-bond acceptors (Lipinski definition) is 1. The molecular weight excluding hydrogens is 184 g/mol. The molecule has 15 heavy (non-hydrogen) atoms. The van der Waals surface area contributed by atoms with E-state index in [0.29, 0.717) is 5.92 Å². The second-order valence-electron chi connectivity index (χ2n) is 6.78. The number of aliphatic hydroxyl groups is 1.